The summed E-state index contributed by atoms with van der Waals surface area (Å²) in [7, 11) is 0. The fourth-order valence-corrected chi connectivity index (χ4v) is 2.42. The van der Waals surface area contributed by atoms with Crippen molar-refractivity contribution < 1.29 is 0 Å². The van der Waals surface area contributed by atoms with E-state index >= 15 is 0 Å². The molecule has 0 radical (unpaired) electrons. The Labute approximate surface area is 122 Å². The molecule has 0 bridgehead atoms. The highest BCUT2D eigenvalue weighted by molar-refractivity contribution is 6.29. The van der Waals surface area contributed by atoms with Crippen LogP contribution in [0.3, 0.4) is 0 Å². The molecule has 2 heterocycles. The number of H-pyrrole nitrogens is 1. The zero-order valence-electron chi connectivity index (χ0n) is 11.9. The zero-order chi connectivity index (χ0) is 14.9. The van der Waals surface area contributed by atoms with Gasteiger partial charge in [-0.3, -0.25) is 4.79 Å². The van der Waals surface area contributed by atoms with Crippen molar-refractivity contribution in [1.29, 1.82) is 0 Å². The van der Waals surface area contributed by atoms with Crippen LogP contribution in [0.2, 0.25) is 5.15 Å². The van der Waals surface area contributed by atoms with E-state index in [0.717, 1.165) is 17.1 Å². The van der Waals surface area contributed by atoms with Crippen LogP contribution in [0.25, 0.3) is 0 Å². The third-order valence-electron chi connectivity index (χ3n) is 3.12. The highest BCUT2D eigenvalue weighted by Crippen LogP contribution is 2.22. The van der Waals surface area contributed by atoms with Gasteiger partial charge in [-0.1, -0.05) is 11.6 Å². The molecular formula is C14H17ClN4O. The molecule has 0 amide bonds. The van der Waals surface area contributed by atoms with Crippen molar-refractivity contribution in [2.24, 2.45) is 0 Å². The number of anilines is 1. The number of nitrogens with zero attached hydrogens (tertiary/aromatic N) is 2. The molecule has 1 atom stereocenters. The van der Waals surface area contributed by atoms with Crippen LogP contribution >= 0.6 is 11.6 Å². The lowest BCUT2D eigenvalue weighted by Gasteiger charge is -2.17. The highest BCUT2D eigenvalue weighted by Gasteiger charge is 2.15. The third kappa shape index (κ3) is 2.99. The lowest BCUT2D eigenvalue weighted by molar-refractivity contribution is 0.811. The van der Waals surface area contributed by atoms with Crippen LogP contribution in [0.5, 0.6) is 0 Å². The fraction of sp³-hybridized carbons (Fsp3) is 0.357. The van der Waals surface area contributed by atoms with Gasteiger partial charge in [0.1, 0.15) is 11.0 Å². The van der Waals surface area contributed by atoms with E-state index < -0.39 is 0 Å². The minimum Gasteiger partial charge on any atom is -0.377 e. The highest BCUT2D eigenvalue weighted by atomic mass is 35.5. The van der Waals surface area contributed by atoms with Gasteiger partial charge < -0.3 is 10.3 Å². The van der Waals surface area contributed by atoms with Gasteiger partial charge in [0, 0.05) is 0 Å². The van der Waals surface area contributed by atoms with Gasteiger partial charge in [-0.2, -0.15) is 0 Å². The van der Waals surface area contributed by atoms with Crippen LogP contribution in [0.15, 0.2) is 16.9 Å². The van der Waals surface area contributed by atoms with Gasteiger partial charge in [-0.25, -0.2) is 9.97 Å². The molecule has 20 heavy (non-hydrogen) atoms. The summed E-state index contributed by atoms with van der Waals surface area (Å²) in [5.41, 5.74) is 2.88. The van der Waals surface area contributed by atoms with Crippen LogP contribution in [-0.4, -0.2) is 15.0 Å². The molecule has 6 heteroatoms. The molecule has 2 rings (SSSR count). The maximum atomic E-state index is 12.1. The van der Waals surface area contributed by atoms with Crippen LogP contribution in [-0.2, 0) is 0 Å². The summed E-state index contributed by atoms with van der Waals surface area (Å²) in [5, 5.41) is 3.72. The molecule has 2 N–H and O–H groups in total. The summed E-state index contributed by atoms with van der Waals surface area (Å²) in [6, 6.07) is 3.40. The quantitative estimate of drug-likeness (QED) is 0.853. The van der Waals surface area contributed by atoms with Crippen LogP contribution in [0.1, 0.15) is 35.7 Å². The van der Waals surface area contributed by atoms with E-state index in [1.807, 2.05) is 26.8 Å². The minimum absolute atomic E-state index is 0.116. The molecule has 2 aromatic heterocycles. The second-order valence-corrected chi connectivity index (χ2v) is 5.17. The fourth-order valence-electron chi connectivity index (χ4n) is 2.23. The molecule has 0 fully saturated rings. The van der Waals surface area contributed by atoms with Crippen molar-refractivity contribution >= 4 is 17.3 Å². The molecule has 0 aliphatic rings. The Bertz CT molecular complexity index is 696. The number of pyridine rings is 1. The first kappa shape index (κ1) is 14.5. The van der Waals surface area contributed by atoms with E-state index in [-0.39, 0.29) is 11.6 Å². The average molecular weight is 293 g/mol. The number of hydrogen-bond donors (Lipinski definition) is 2. The summed E-state index contributed by atoms with van der Waals surface area (Å²) in [6.45, 7) is 7.39. The molecule has 0 saturated carbocycles. The molecule has 2 aromatic rings. The van der Waals surface area contributed by atoms with E-state index in [1.165, 1.54) is 0 Å². The minimum atomic E-state index is -0.173. The maximum absolute atomic E-state index is 12.1. The Morgan fingerprint density at radius 3 is 2.50 bits per heavy atom. The first-order valence-electron chi connectivity index (χ1n) is 6.35. The summed E-state index contributed by atoms with van der Waals surface area (Å²) in [4.78, 5) is 23.3. The molecule has 0 aromatic carbocycles. The van der Waals surface area contributed by atoms with Gasteiger partial charge in [0.2, 0.25) is 0 Å². The first-order chi connectivity index (χ1) is 9.38. The zero-order valence-corrected chi connectivity index (χ0v) is 12.7. The first-order valence-corrected chi connectivity index (χ1v) is 6.73. The maximum Gasteiger partial charge on any atom is 0.256 e. The molecule has 5 nitrogen and oxygen atoms in total. The van der Waals surface area contributed by atoms with E-state index in [4.69, 9.17) is 11.6 Å². The number of aryl methyl sites for hydroxylation is 3. The molecule has 0 spiro atoms. The van der Waals surface area contributed by atoms with Crippen molar-refractivity contribution in [1.82, 2.24) is 15.0 Å². The van der Waals surface area contributed by atoms with Crippen molar-refractivity contribution in [2.45, 2.75) is 33.7 Å². The Balaban J connectivity index is 2.33. The van der Waals surface area contributed by atoms with Gasteiger partial charge in [0.15, 0.2) is 0 Å². The monoisotopic (exact) mass is 292 g/mol. The molecule has 0 saturated heterocycles. The predicted octanol–water partition coefficient (Wildman–Crippen LogP) is 2.92. The molecule has 106 valence electrons. The molecule has 0 aliphatic heterocycles. The Morgan fingerprint density at radius 2 is 1.90 bits per heavy atom. The standard InChI is InChI=1S/C14H17ClN4O/c1-7-11(5-6-12(15)18-7)17-9(3)13-8(2)16-10(4)19-14(13)20/h5-6,9,17H,1-4H3,(H,16,19,20). The smallest absolute Gasteiger partial charge is 0.256 e. The van der Waals surface area contributed by atoms with Gasteiger partial charge >= 0.3 is 0 Å². The van der Waals surface area contributed by atoms with Crippen LogP contribution in [0.4, 0.5) is 5.69 Å². The molecule has 0 aliphatic carbocycles. The lowest BCUT2D eigenvalue weighted by Crippen LogP contribution is -2.23. The second kappa shape index (κ2) is 5.63. The van der Waals surface area contributed by atoms with Crippen LogP contribution in [0, 0.1) is 20.8 Å². The predicted molar refractivity (Wildman–Crippen MR) is 80.4 cm³/mol. The number of rotatable bonds is 3. The van der Waals surface area contributed by atoms with Gasteiger partial charge in [-0.05, 0) is 39.8 Å². The van der Waals surface area contributed by atoms with Crippen molar-refractivity contribution in [2.75, 3.05) is 5.32 Å². The molecule has 1 unspecified atom stereocenters. The number of hydrogen-bond acceptors (Lipinski definition) is 4. The number of aromatic nitrogens is 3. The normalized spacial score (nSPS) is 12.2. The Hall–Kier alpha value is -1.88. The van der Waals surface area contributed by atoms with Gasteiger partial charge in [0.25, 0.3) is 5.56 Å². The Kier molecular flexibility index (Phi) is 4.09. The van der Waals surface area contributed by atoms with Gasteiger partial charge in [-0.15, -0.1) is 0 Å². The average Bonchev–Trinajstić information content (AvgIpc) is 2.31. The summed E-state index contributed by atoms with van der Waals surface area (Å²) < 4.78 is 0. The van der Waals surface area contributed by atoms with Crippen molar-refractivity contribution in [3.05, 3.63) is 50.4 Å². The SMILES string of the molecule is Cc1nc(C)c(C(C)Nc2ccc(Cl)nc2C)c(=O)[nH]1. The number of halogens is 1. The second-order valence-electron chi connectivity index (χ2n) is 4.78. The van der Waals surface area contributed by atoms with Gasteiger partial charge in [0.05, 0.1) is 28.7 Å². The third-order valence-corrected chi connectivity index (χ3v) is 3.33. The van der Waals surface area contributed by atoms with E-state index in [9.17, 15) is 4.79 Å². The lowest BCUT2D eigenvalue weighted by atomic mass is 10.1. The summed E-state index contributed by atoms with van der Waals surface area (Å²) in [6.07, 6.45) is 0. The number of nitrogens with one attached hydrogen (secondary N) is 2. The topological polar surface area (TPSA) is 70.7 Å². The molecular weight excluding hydrogens is 276 g/mol. The summed E-state index contributed by atoms with van der Waals surface area (Å²) in [5.74, 6) is 0.618. The van der Waals surface area contributed by atoms with Crippen LogP contribution < -0.4 is 10.9 Å². The van der Waals surface area contributed by atoms with E-state index in [0.29, 0.717) is 16.5 Å². The van der Waals surface area contributed by atoms with Crippen molar-refractivity contribution in [3.63, 3.8) is 0 Å². The van der Waals surface area contributed by atoms with E-state index in [1.54, 1.807) is 13.0 Å². The summed E-state index contributed by atoms with van der Waals surface area (Å²) >= 11 is 5.83. The Morgan fingerprint density at radius 1 is 1.20 bits per heavy atom. The number of aromatic amines is 1. The van der Waals surface area contributed by atoms with E-state index in [2.05, 4.69) is 20.3 Å². The van der Waals surface area contributed by atoms with Crippen molar-refractivity contribution in [3.8, 4) is 0 Å². The largest absolute Gasteiger partial charge is 0.377 e.